The van der Waals surface area contributed by atoms with Crippen molar-refractivity contribution in [2.75, 3.05) is 19.0 Å². The van der Waals surface area contributed by atoms with Gasteiger partial charge in [-0.1, -0.05) is 37.2 Å². The summed E-state index contributed by atoms with van der Waals surface area (Å²) in [5, 5.41) is 21.2. The maximum Gasteiger partial charge on any atom is 0.305 e. The second-order valence-electron chi connectivity index (χ2n) is 9.48. The molecule has 0 aliphatic rings. The Morgan fingerprint density at radius 3 is 2.38 bits per heavy atom. The van der Waals surface area contributed by atoms with E-state index in [0.29, 0.717) is 28.4 Å². The summed E-state index contributed by atoms with van der Waals surface area (Å²) in [5.74, 6) is -2.04. The number of carboxylic acids is 1. The zero-order valence-electron chi connectivity index (χ0n) is 22.8. The molecule has 0 aliphatic heterocycles. The van der Waals surface area contributed by atoms with Crippen LogP contribution < -0.4 is 20.7 Å². The first kappa shape index (κ1) is 29.8. The Hall–Kier alpha value is -4.74. The first-order valence-corrected chi connectivity index (χ1v) is 12.7. The number of ether oxygens (including phenoxy) is 1. The van der Waals surface area contributed by atoms with Crippen LogP contribution in [-0.2, 0) is 25.6 Å². The molecular formula is C28H33N5O7. The van der Waals surface area contributed by atoms with Crippen LogP contribution in [0.2, 0.25) is 0 Å². The van der Waals surface area contributed by atoms with Crippen molar-refractivity contribution in [1.29, 1.82) is 0 Å². The predicted molar refractivity (Wildman–Crippen MR) is 146 cm³/mol. The molecule has 0 saturated carbocycles. The molecule has 2 amide bonds. The third-order valence-electron chi connectivity index (χ3n) is 6.00. The Morgan fingerprint density at radius 1 is 1.05 bits per heavy atom. The number of aryl methyl sites for hydroxylation is 1. The molecule has 12 nitrogen and oxygen atoms in total. The number of ketones is 1. The number of hydrogen-bond acceptors (Lipinski definition) is 9. The summed E-state index contributed by atoms with van der Waals surface area (Å²) in [5.41, 5.74) is 1.81. The molecule has 0 saturated heterocycles. The number of Topliss-reactive ketones (excluding diaryl/α,β-unsaturated/α-hetero) is 1. The molecule has 0 radical (unpaired) electrons. The number of carbonyl (C=O) groups excluding carboxylic acids is 3. The SMILES string of the molecule is COc1ccc(-c2nc(C)no2)cc1CC(=O)N[C@H](C(=O)NC(CC(=O)O)C(=O)CNc1ccccc1)C(C)C. The van der Waals surface area contributed by atoms with Gasteiger partial charge in [0, 0.05) is 16.8 Å². The molecule has 1 heterocycles. The molecule has 3 aromatic rings. The fraction of sp³-hybridized carbons (Fsp3) is 0.357. The van der Waals surface area contributed by atoms with Gasteiger partial charge in [0.1, 0.15) is 11.8 Å². The van der Waals surface area contributed by atoms with Crippen molar-refractivity contribution >= 4 is 29.3 Å². The van der Waals surface area contributed by atoms with E-state index in [0.717, 1.165) is 0 Å². The van der Waals surface area contributed by atoms with E-state index in [-0.39, 0.29) is 24.8 Å². The van der Waals surface area contributed by atoms with Gasteiger partial charge >= 0.3 is 5.97 Å². The highest BCUT2D eigenvalue weighted by molar-refractivity contribution is 5.96. The van der Waals surface area contributed by atoms with Crippen molar-refractivity contribution in [3.8, 4) is 17.2 Å². The minimum Gasteiger partial charge on any atom is -0.496 e. The molecule has 0 fully saturated rings. The number of hydrogen-bond donors (Lipinski definition) is 4. The highest BCUT2D eigenvalue weighted by atomic mass is 16.5. The van der Waals surface area contributed by atoms with Crippen LogP contribution in [0.1, 0.15) is 31.7 Å². The highest BCUT2D eigenvalue weighted by Crippen LogP contribution is 2.26. The Morgan fingerprint density at radius 2 is 1.77 bits per heavy atom. The van der Waals surface area contributed by atoms with E-state index in [1.807, 2.05) is 6.07 Å². The summed E-state index contributed by atoms with van der Waals surface area (Å²) < 4.78 is 10.6. The molecule has 40 heavy (non-hydrogen) atoms. The molecular weight excluding hydrogens is 518 g/mol. The van der Waals surface area contributed by atoms with Crippen molar-refractivity contribution in [1.82, 2.24) is 20.8 Å². The van der Waals surface area contributed by atoms with Crippen molar-refractivity contribution < 1.29 is 33.5 Å². The molecule has 0 spiro atoms. The number of rotatable bonds is 14. The lowest BCUT2D eigenvalue weighted by molar-refractivity contribution is -0.140. The number of aromatic nitrogens is 2. The summed E-state index contributed by atoms with van der Waals surface area (Å²) in [6.45, 7) is 4.97. The van der Waals surface area contributed by atoms with E-state index in [1.54, 1.807) is 63.2 Å². The van der Waals surface area contributed by atoms with Gasteiger partial charge in [0.25, 0.3) is 5.89 Å². The Kier molecular flexibility index (Phi) is 10.3. The van der Waals surface area contributed by atoms with Crippen molar-refractivity contribution in [3.63, 3.8) is 0 Å². The molecule has 4 N–H and O–H groups in total. The number of para-hydroxylation sites is 1. The van der Waals surface area contributed by atoms with Crippen LogP contribution in [-0.4, -0.2) is 64.6 Å². The minimum absolute atomic E-state index is 0.126. The van der Waals surface area contributed by atoms with Crippen LogP contribution >= 0.6 is 0 Å². The first-order valence-electron chi connectivity index (χ1n) is 12.7. The lowest BCUT2D eigenvalue weighted by Crippen LogP contribution is -2.55. The Balaban J connectivity index is 1.69. The maximum atomic E-state index is 13.2. The van der Waals surface area contributed by atoms with Gasteiger partial charge in [-0.3, -0.25) is 19.2 Å². The van der Waals surface area contributed by atoms with Gasteiger partial charge in [0.2, 0.25) is 11.8 Å². The summed E-state index contributed by atoms with van der Waals surface area (Å²) in [6, 6.07) is 11.7. The normalized spacial score (nSPS) is 12.3. The number of nitrogens with zero attached hydrogens (tertiary/aromatic N) is 2. The van der Waals surface area contributed by atoms with E-state index < -0.39 is 42.1 Å². The predicted octanol–water partition coefficient (Wildman–Crippen LogP) is 2.38. The number of benzene rings is 2. The van der Waals surface area contributed by atoms with Crippen molar-refractivity contribution in [2.24, 2.45) is 5.92 Å². The van der Waals surface area contributed by atoms with Crippen molar-refractivity contribution in [2.45, 2.75) is 45.7 Å². The van der Waals surface area contributed by atoms with E-state index in [2.05, 4.69) is 26.1 Å². The third kappa shape index (κ3) is 8.38. The van der Waals surface area contributed by atoms with Crippen LogP contribution in [0.15, 0.2) is 53.1 Å². The van der Waals surface area contributed by atoms with Gasteiger partial charge in [0.15, 0.2) is 11.6 Å². The number of methoxy groups -OCH3 is 1. The van der Waals surface area contributed by atoms with Gasteiger partial charge in [-0.25, -0.2) is 0 Å². The number of aliphatic carboxylic acids is 1. The van der Waals surface area contributed by atoms with Crippen LogP contribution in [0.25, 0.3) is 11.5 Å². The smallest absolute Gasteiger partial charge is 0.305 e. The van der Waals surface area contributed by atoms with Gasteiger partial charge in [-0.05, 0) is 43.2 Å². The van der Waals surface area contributed by atoms with Gasteiger partial charge < -0.3 is 30.3 Å². The summed E-state index contributed by atoms with van der Waals surface area (Å²) in [7, 11) is 1.48. The fourth-order valence-corrected chi connectivity index (χ4v) is 3.95. The molecule has 0 aliphatic carbocycles. The maximum absolute atomic E-state index is 13.2. The second-order valence-corrected chi connectivity index (χ2v) is 9.48. The van der Waals surface area contributed by atoms with Crippen LogP contribution in [0, 0.1) is 12.8 Å². The largest absolute Gasteiger partial charge is 0.496 e. The van der Waals surface area contributed by atoms with Crippen molar-refractivity contribution in [3.05, 3.63) is 59.9 Å². The minimum atomic E-state index is -1.28. The average Bonchev–Trinajstić information content (AvgIpc) is 3.36. The average molecular weight is 552 g/mol. The lowest BCUT2D eigenvalue weighted by Gasteiger charge is -2.25. The van der Waals surface area contributed by atoms with E-state index in [4.69, 9.17) is 9.26 Å². The fourth-order valence-electron chi connectivity index (χ4n) is 3.95. The molecule has 0 bridgehead atoms. The van der Waals surface area contributed by atoms with Gasteiger partial charge in [-0.2, -0.15) is 4.98 Å². The van der Waals surface area contributed by atoms with Gasteiger partial charge in [0.05, 0.1) is 32.5 Å². The molecule has 212 valence electrons. The molecule has 2 aromatic carbocycles. The zero-order chi connectivity index (χ0) is 29.2. The first-order chi connectivity index (χ1) is 19.1. The summed E-state index contributed by atoms with van der Waals surface area (Å²) in [4.78, 5) is 54.6. The van der Waals surface area contributed by atoms with E-state index in [9.17, 15) is 24.3 Å². The molecule has 1 unspecified atom stereocenters. The monoisotopic (exact) mass is 551 g/mol. The molecule has 3 rings (SSSR count). The summed E-state index contributed by atoms with van der Waals surface area (Å²) in [6.07, 6.45) is -0.724. The van der Waals surface area contributed by atoms with Crippen LogP contribution in [0.4, 0.5) is 5.69 Å². The topological polar surface area (TPSA) is 173 Å². The highest BCUT2D eigenvalue weighted by Gasteiger charge is 2.30. The molecule has 1 aromatic heterocycles. The Bertz CT molecular complexity index is 1340. The zero-order valence-corrected chi connectivity index (χ0v) is 22.8. The quantitative estimate of drug-likeness (QED) is 0.233. The number of amides is 2. The third-order valence-corrected chi connectivity index (χ3v) is 6.00. The van der Waals surface area contributed by atoms with E-state index in [1.165, 1.54) is 7.11 Å². The standard InChI is InChI=1S/C28H33N5O7/c1-16(2)26(27(38)31-21(14-25(36)37)22(34)15-29-20-8-6-5-7-9-20)32-24(35)13-19-12-18(10-11-23(19)39-4)28-30-17(3)33-40-28/h5-12,16,21,26,29H,13-15H2,1-4H3,(H,31,38)(H,32,35)(H,36,37)/t21?,26-/m0/s1. The van der Waals surface area contributed by atoms with Crippen LogP contribution in [0.5, 0.6) is 5.75 Å². The molecule has 12 heteroatoms. The molecule has 2 atom stereocenters. The van der Waals surface area contributed by atoms with E-state index >= 15 is 0 Å². The van der Waals surface area contributed by atoms with Crippen LogP contribution in [0.3, 0.4) is 0 Å². The number of carboxylic acid groups (broad SMARTS) is 1. The van der Waals surface area contributed by atoms with Gasteiger partial charge in [-0.15, -0.1) is 0 Å². The number of anilines is 1. The second kappa shape index (κ2) is 13.9. The Labute approximate surface area is 231 Å². The summed E-state index contributed by atoms with van der Waals surface area (Å²) >= 11 is 0. The number of carbonyl (C=O) groups is 4. The lowest BCUT2D eigenvalue weighted by atomic mass is 10.0. The number of nitrogens with one attached hydrogen (secondary N) is 3.